The molecule has 0 aliphatic rings. The summed E-state index contributed by atoms with van der Waals surface area (Å²) in [4.78, 5) is 21.2. The second kappa shape index (κ2) is 6.27. The molecule has 0 saturated carbocycles. The summed E-state index contributed by atoms with van der Waals surface area (Å²) < 4.78 is 27.9. The molecule has 21 heavy (non-hydrogen) atoms. The van der Waals surface area contributed by atoms with Crippen LogP contribution in [-0.2, 0) is 13.8 Å². The minimum absolute atomic E-state index is 0.176. The molecule has 0 heterocycles. The number of ether oxygens (including phenoxy) is 1. The Kier molecular flexibility index (Phi) is 5.13. The third-order valence-corrected chi connectivity index (χ3v) is 4.10. The normalized spacial score (nSPS) is 12.6. The van der Waals surface area contributed by atoms with Crippen LogP contribution < -0.4 is 10.1 Å². The number of nitrogens with zero attached hydrogens (tertiary/aromatic N) is 1. The Balaban J connectivity index is 3.37. The number of aryl methyl sites for hydroxylation is 1. The molecule has 8 nitrogen and oxygen atoms in total. The molecule has 1 unspecified atom stereocenters. The Morgan fingerprint density at radius 1 is 1.48 bits per heavy atom. The minimum atomic E-state index is -4.12. The minimum Gasteiger partial charge on any atom is -0.474 e. The van der Waals surface area contributed by atoms with Crippen LogP contribution in [0.1, 0.15) is 12.5 Å². The van der Waals surface area contributed by atoms with Crippen LogP contribution in [0.15, 0.2) is 17.0 Å². The van der Waals surface area contributed by atoms with Crippen molar-refractivity contribution in [1.29, 1.82) is 0 Å². The van der Waals surface area contributed by atoms with Gasteiger partial charge in [-0.2, -0.15) is 0 Å². The Morgan fingerprint density at radius 3 is 2.48 bits per heavy atom. The predicted octanol–water partition coefficient (Wildman–Crippen LogP) is 1.34. The van der Waals surface area contributed by atoms with Crippen LogP contribution in [0.3, 0.4) is 0 Å². The summed E-state index contributed by atoms with van der Waals surface area (Å²) in [6.07, 6.45) is -0.980. The van der Waals surface area contributed by atoms with E-state index in [1.807, 2.05) is 0 Å². The van der Waals surface area contributed by atoms with Crippen LogP contribution in [-0.4, -0.2) is 32.4 Å². The zero-order valence-corrected chi connectivity index (χ0v) is 13.0. The van der Waals surface area contributed by atoms with Crippen molar-refractivity contribution in [3.8, 4) is 5.75 Å². The molecule has 0 radical (unpaired) electrons. The van der Waals surface area contributed by atoms with Crippen molar-refractivity contribution in [1.82, 2.24) is 5.32 Å². The Hall–Kier alpha value is -1.87. The van der Waals surface area contributed by atoms with Gasteiger partial charge in [-0.05, 0) is 25.5 Å². The SMILES string of the molecule is CNC(=O)C(C)Oc1cc(C)c(S(=O)(=O)Cl)cc1[N+](=O)[O-]. The number of amides is 1. The Bertz CT molecular complexity index is 688. The van der Waals surface area contributed by atoms with Crippen LogP contribution in [0.5, 0.6) is 5.75 Å². The molecular weight excluding hydrogens is 324 g/mol. The molecule has 0 aliphatic heterocycles. The van der Waals surface area contributed by atoms with Gasteiger partial charge in [-0.3, -0.25) is 14.9 Å². The first-order valence-corrected chi connectivity index (χ1v) is 8.00. The molecule has 0 saturated heterocycles. The molecule has 1 N–H and O–H groups in total. The fourth-order valence-corrected chi connectivity index (χ4v) is 2.79. The van der Waals surface area contributed by atoms with E-state index < -0.39 is 31.7 Å². The van der Waals surface area contributed by atoms with Crippen molar-refractivity contribution >= 4 is 31.3 Å². The highest BCUT2D eigenvalue weighted by Crippen LogP contribution is 2.34. The fourth-order valence-electron chi connectivity index (χ4n) is 1.60. The van der Waals surface area contributed by atoms with E-state index >= 15 is 0 Å². The highest BCUT2D eigenvalue weighted by molar-refractivity contribution is 8.13. The van der Waals surface area contributed by atoms with Crippen LogP contribution in [0.2, 0.25) is 0 Å². The standard InChI is InChI=1S/C11H13ClN2O6S/c1-6-4-9(20-7(2)11(15)13-3)8(14(16)17)5-10(6)21(12,18)19/h4-5,7H,1-3H3,(H,13,15). The lowest BCUT2D eigenvalue weighted by Gasteiger charge is -2.14. The monoisotopic (exact) mass is 336 g/mol. The molecule has 10 heteroatoms. The van der Waals surface area contributed by atoms with Gasteiger partial charge in [0.25, 0.3) is 15.0 Å². The van der Waals surface area contributed by atoms with E-state index in [0.717, 1.165) is 12.1 Å². The van der Waals surface area contributed by atoms with Crippen LogP contribution in [0, 0.1) is 17.0 Å². The third-order valence-electron chi connectivity index (χ3n) is 2.64. The molecule has 1 amide bonds. The van der Waals surface area contributed by atoms with E-state index in [2.05, 4.69) is 5.32 Å². The van der Waals surface area contributed by atoms with E-state index in [1.165, 1.54) is 20.9 Å². The van der Waals surface area contributed by atoms with Crippen LogP contribution in [0.25, 0.3) is 0 Å². The van der Waals surface area contributed by atoms with Crippen molar-refractivity contribution in [2.45, 2.75) is 24.8 Å². The number of nitro benzene ring substituents is 1. The molecule has 0 fully saturated rings. The number of hydrogen-bond donors (Lipinski definition) is 1. The molecule has 0 aromatic heterocycles. The van der Waals surface area contributed by atoms with Crippen molar-refractivity contribution in [2.24, 2.45) is 0 Å². The van der Waals surface area contributed by atoms with Crippen molar-refractivity contribution in [3.05, 3.63) is 27.8 Å². The van der Waals surface area contributed by atoms with Crippen molar-refractivity contribution in [3.63, 3.8) is 0 Å². The Morgan fingerprint density at radius 2 is 2.05 bits per heavy atom. The van der Waals surface area contributed by atoms with Gasteiger partial charge in [0.2, 0.25) is 0 Å². The molecule has 1 aromatic carbocycles. The van der Waals surface area contributed by atoms with Crippen molar-refractivity contribution < 1.29 is 22.9 Å². The van der Waals surface area contributed by atoms with E-state index in [4.69, 9.17) is 15.4 Å². The predicted molar refractivity (Wildman–Crippen MR) is 75.0 cm³/mol. The van der Waals surface area contributed by atoms with Gasteiger partial charge in [-0.1, -0.05) is 0 Å². The summed E-state index contributed by atoms with van der Waals surface area (Å²) in [7, 11) is 2.49. The van der Waals surface area contributed by atoms with E-state index in [-0.39, 0.29) is 16.2 Å². The smallest absolute Gasteiger partial charge is 0.312 e. The molecule has 0 bridgehead atoms. The summed E-state index contributed by atoms with van der Waals surface area (Å²) in [6.45, 7) is 2.82. The van der Waals surface area contributed by atoms with Gasteiger partial charge in [-0.15, -0.1) is 0 Å². The summed E-state index contributed by atoms with van der Waals surface area (Å²) >= 11 is 0. The number of hydrogen-bond acceptors (Lipinski definition) is 6. The lowest BCUT2D eigenvalue weighted by molar-refractivity contribution is -0.386. The average Bonchev–Trinajstić information content (AvgIpc) is 2.35. The lowest BCUT2D eigenvalue weighted by Crippen LogP contribution is -2.33. The van der Waals surface area contributed by atoms with Gasteiger partial charge in [0, 0.05) is 23.8 Å². The van der Waals surface area contributed by atoms with E-state index in [0.29, 0.717) is 0 Å². The first-order chi connectivity index (χ1) is 9.57. The average molecular weight is 337 g/mol. The maximum Gasteiger partial charge on any atom is 0.312 e. The first-order valence-electron chi connectivity index (χ1n) is 5.70. The van der Waals surface area contributed by atoms with Crippen LogP contribution in [0.4, 0.5) is 5.69 Å². The molecule has 1 aromatic rings. The summed E-state index contributed by atoms with van der Waals surface area (Å²) in [5, 5.41) is 13.4. The van der Waals surface area contributed by atoms with Gasteiger partial charge < -0.3 is 10.1 Å². The second-order valence-corrected chi connectivity index (χ2v) is 6.69. The Labute approximate surface area is 125 Å². The zero-order chi connectivity index (χ0) is 16.4. The molecular formula is C11H13ClN2O6S. The number of nitrogens with one attached hydrogen (secondary N) is 1. The van der Waals surface area contributed by atoms with Gasteiger partial charge >= 0.3 is 5.69 Å². The summed E-state index contributed by atoms with van der Waals surface area (Å²) in [5.74, 6) is -0.686. The highest BCUT2D eigenvalue weighted by atomic mass is 35.7. The molecule has 0 aliphatic carbocycles. The number of carbonyl (C=O) groups excluding carboxylic acids is 1. The largest absolute Gasteiger partial charge is 0.474 e. The maximum absolute atomic E-state index is 11.4. The fraction of sp³-hybridized carbons (Fsp3) is 0.364. The first kappa shape index (κ1) is 17.2. The number of benzene rings is 1. The van der Waals surface area contributed by atoms with E-state index in [1.54, 1.807) is 0 Å². The molecule has 1 rings (SSSR count). The zero-order valence-electron chi connectivity index (χ0n) is 11.4. The van der Waals surface area contributed by atoms with Gasteiger partial charge in [0.05, 0.1) is 9.82 Å². The van der Waals surface area contributed by atoms with Gasteiger partial charge in [0.15, 0.2) is 11.9 Å². The summed E-state index contributed by atoms with van der Waals surface area (Å²) in [5.41, 5.74) is -0.412. The highest BCUT2D eigenvalue weighted by Gasteiger charge is 2.26. The topological polar surface area (TPSA) is 116 Å². The van der Waals surface area contributed by atoms with Crippen molar-refractivity contribution in [2.75, 3.05) is 7.05 Å². The van der Waals surface area contributed by atoms with Gasteiger partial charge in [0.1, 0.15) is 0 Å². The number of likely N-dealkylation sites (N-methyl/N-ethyl adjacent to an activating group) is 1. The molecule has 116 valence electrons. The van der Waals surface area contributed by atoms with Crippen LogP contribution >= 0.6 is 10.7 Å². The second-order valence-electron chi connectivity index (χ2n) is 4.15. The third kappa shape index (κ3) is 4.05. The van der Waals surface area contributed by atoms with Gasteiger partial charge in [-0.25, -0.2) is 8.42 Å². The number of carbonyl (C=O) groups is 1. The number of nitro groups is 1. The number of halogens is 1. The quantitative estimate of drug-likeness (QED) is 0.493. The lowest BCUT2D eigenvalue weighted by atomic mass is 10.2. The molecule has 1 atom stereocenters. The summed E-state index contributed by atoms with van der Waals surface area (Å²) in [6, 6.07) is 1.97. The maximum atomic E-state index is 11.4. The molecule has 0 spiro atoms. The number of rotatable bonds is 5. The van der Waals surface area contributed by atoms with E-state index in [9.17, 15) is 23.3 Å².